The predicted octanol–water partition coefficient (Wildman–Crippen LogP) is 3.70. The van der Waals surface area contributed by atoms with Crippen molar-refractivity contribution in [2.75, 3.05) is 13.1 Å². The molecule has 1 saturated heterocycles. The molecular formula is C23H21N5O2S. The number of nitrogens with one attached hydrogen (secondary N) is 1. The lowest BCUT2D eigenvalue weighted by Crippen LogP contribution is -2.34. The van der Waals surface area contributed by atoms with Crippen LogP contribution < -0.4 is 10.1 Å². The minimum atomic E-state index is 0.0218. The van der Waals surface area contributed by atoms with E-state index in [1.165, 1.54) is 11.3 Å². The first-order valence-electron chi connectivity index (χ1n) is 10.3. The van der Waals surface area contributed by atoms with Gasteiger partial charge in [0.05, 0.1) is 18.1 Å². The van der Waals surface area contributed by atoms with Gasteiger partial charge in [-0.05, 0) is 62.3 Å². The molecule has 4 aromatic rings. The van der Waals surface area contributed by atoms with Crippen LogP contribution in [0.2, 0.25) is 0 Å². The van der Waals surface area contributed by atoms with Crippen LogP contribution in [0.1, 0.15) is 28.9 Å². The summed E-state index contributed by atoms with van der Waals surface area (Å²) in [4.78, 5) is 21.7. The van der Waals surface area contributed by atoms with Gasteiger partial charge in [-0.2, -0.15) is 0 Å². The Kier molecular flexibility index (Phi) is 5.64. The summed E-state index contributed by atoms with van der Waals surface area (Å²) in [6, 6.07) is 11.3. The normalized spacial score (nSPS) is 14.6. The summed E-state index contributed by atoms with van der Waals surface area (Å²) in [7, 11) is 0. The van der Waals surface area contributed by atoms with Crippen LogP contribution in [0, 0.1) is 0 Å². The molecule has 0 saturated carbocycles. The van der Waals surface area contributed by atoms with Gasteiger partial charge in [-0.1, -0.05) is 11.3 Å². The Balaban J connectivity index is 1.29. The number of hydrogen-bond donors (Lipinski definition) is 1. The SMILES string of the molecule is O=C(Cc1cc2cc(-c3nncs3)cnc2cn1)c1ccc(OC2CCNCC2)cc1. The third-order valence-corrected chi connectivity index (χ3v) is 6.08. The van der Waals surface area contributed by atoms with E-state index in [9.17, 15) is 4.79 Å². The average molecular weight is 432 g/mol. The van der Waals surface area contributed by atoms with Gasteiger partial charge in [0, 0.05) is 28.4 Å². The highest BCUT2D eigenvalue weighted by atomic mass is 32.1. The zero-order valence-corrected chi connectivity index (χ0v) is 17.6. The minimum absolute atomic E-state index is 0.0218. The standard InChI is InChI=1S/C23H21N5O2S/c29-22(15-1-3-19(4-2-15)30-20-5-7-24-8-6-20)11-18-10-16-9-17(23-28-27-14-31-23)12-26-21(16)13-25-18/h1-4,9-10,12-14,20,24H,5-8,11H2. The lowest BCUT2D eigenvalue weighted by atomic mass is 10.0. The van der Waals surface area contributed by atoms with Crippen molar-refractivity contribution in [1.29, 1.82) is 0 Å². The molecule has 0 amide bonds. The molecule has 5 rings (SSSR count). The summed E-state index contributed by atoms with van der Waals surface area (Å²) >= 11 is 1.46. The summed E-state index contributed by atoms with van der Waals surface area (Å²) in [5.41, 5.74) is 4.74. The second-order valence-electron chi connectivity index (χ2n) is 7.53. The molecule has 0 bridgehead atoms. The molecule has 0 aliphatic carbocycles. The van der Waals surface area contributed by atoms with Crippen LogP contribution in [0.25, 0.3) is 21.5 Å². The van der Waals surface area contributed by atoms with Crippen molar-refractivity contribution in [3.8, 4) is 16.3 Å². The Morgan fingerprint density at radius 2 is 1.94 bits per heavy atom. The molecule has 1 aromatic carbocycles. The van der Waals surface area contributed by atoms with Crippen molar-refractivity contribution in [3.05, 3.63) is 65.6 Å². The number of Topliss-reactive ketones (excluding diaryl/α,β-unsaturated/α-hetero) is 1. The van der Waals surface area contributed by atoms with Gasteiger partial charge < -0.3 is 10.1 Å². The van der Waals surface area contributed by atoms with Gasteiger partial charge in [0.15, 0.2) is 5.78 Å². The first-order valence-corrected chi connectivity index (χ1v) is 11.1. The topological polar surface area (TPSA) is 89.9 Å². The molecule has 1 aliphatic rings. The molecule has 156 valence electrons. The highest BCUT2D eigenvalue weighted by molar-refractivity contribution is 7.12. The molecule has 31 heavy (non-hydrogen) atoms. The molecule has 0 unspecified atom stereocenters. The average Bonchev–Trinajstić information content (AvgIpc) is 3.35. The van der Waals surface area contributed by atoms with E-state index in [-0.39, 0.29) is 18.3 Å². The molecule has 0 atom stereocenters. The fraction of sp³-hybridized carbons (Fsp3) is 0.261. The first-order chi connectivity index (χ1) is 15.2. The number of fused-ring (bicyclic) bond motifs is 1. The summed E-state index contributed by atoms with van der Waals surface area (Å²) in [6.45, 7) is 1.97. The lowest BCUT2D eigenvalue weighted by molar-refractivity contribution is 0.0992. The number of carbonyl (C=O) groups is 1. The van der Waals surface area contributed by atoms with E-state index in [0.717, 1.165) is 53.2 Å². The molecule has 7 nitrogen and oxygen atoms in total. The molecule has 1 aliphatic heterocycles. The van der Waals surface area contributed by atoms with Crippen LogP contribution in [0.3, 0.4) is 0 Å². The summed E-state index contributed by atoms with van der Waals surface area (Å²) in [5, 5.41) is 13.0. The number of hydrogen-bond acceptors (Lipinski definition) is 8. The zero-order chi connectivity index (χ0) is 21.0. The van der Waals surface area contributed by atoms with Gasteiger partial charge in [-0.25, -0.2) is 0 Å². The number of rotatable bonds is 6. The molecule has 3 aromatic heterocycles. The Morgan fingerprint density at radius 1 is 1.10 bits per heavy atom. The Labute approximate surface area is 183 Å². The number of pyridine rings is 2. The van der Waals surface area contributed by atoms with Crippen LogP contribution in [-0.4, -0.2) is 45.1 Å². The summed E-state index contributed by atoms with van der Waals surface area (Å²) in [6.07, 6.45) is 5.95. The molecule has 1 fully saturated rings. The van der Waals surface area contributed by atoms with Crippen molar-refractivity contribution in [1.82, 2.24) is 25.5 Å². The predicted molar refractivity (Wildman–Crippen MR) is 119 cm³/mol. The van der Waals surface area contributed by atoms with E-state index in [4.69, 9.17) is 4.74 Å². The lowest BCUT2D eigenvalue weighted by Gasteiger charge is -2.23. The second-order valence-corrected chi connectivity index (χ2v) is 8.36. The van der Waals surface area contributed by atoms with Crippen LogP contribution >= 0.6 is 11.3 Å². The highest BCUT2D eigenvalue weighted by Gasteiger charge is 2.15. The molecular weight excluding hydrogens is 410 g/mol. The van der Waals surface area contributed by atoms with Gasteiger partial charge in [-0.15, -0.1) is 10.2 Å². The molecule has 4 heterocycles. The van der Waals surface area contributed by atoms with Gasteiger partial charge >= 0.3 is 0 Å². The minimum Gasteiger partial charge on any atom is -0.490 e. The number of nitrogens with zero attached hydrogens (tertiary/aromatic N) is 4. The maximum atomic E-state index is 12.8. The monoisotopic (exact) mass is 431 g/mol. The van der Waals surface area contributed by atoms with Gasteiger partial charge in [0.2, 0.25) is 0 Å². The molecule has 1 N–H and O–H groups in total. The number of carbonyl (C=O) groups excluding carboxylic acids is 1. The number of benzene rings is 1. The second kappa shape index (κ2) is 8.87. The van der Waals surface area contributed by atoms with Crippen molar-refractivity contribution >= 4 is 28.0 Å². The number of piperidine rings is 1. The summed E-state index contributed by atoms with van der Waals surface area (Å²) < 4.78 is 6.02. The maximum Gasteiger partial charge on any atom is 0.168 e. The zero-order valence-electron chi connectivity index (χ0n) is 16.8. The van der Waals surface area contributed by atoms with E-state index in [2.05, 4.69) is 25.5 Å². The highest BCUT2D eigenvalue weighted by Crippen LogP contribution is 2.24. The quantitative estimate of drug-likeness (QED) is 0.466. The van der Waals surface area contributed by atoms with Crippen molar-refractivity contribution in [3.63, 3.8) is 0 Å². The van der Waals surface area contributed by atoms with E-state index >= 15 is 0 Å². The first kappa shape index (κ1) is 19.7. The smallest absolute Gasteiger partial charge is 0.168 e. The van der Waals surface area contributed by atoms with Crippen LogP contribution in [0.4, 0.5) is 0 Å². The van der Waals surface area contributed by atoms with E-state index in [1.807, 2.05) is 36.4 Å². The Morgan fingerprint density at radius 3 is 2.71 bits per heavy atom. The molecule has 0 spiro atoms. The largest absolute Gasteiger partial charge is 0.490 e. The van der Waals surface area contributed by atoms with Crippen LogP contribution in [0.5, 0.6) is 5.75 Å². The van der Waals surface area contributed by atoms with Crippen molar-refractivity contribution in [2.45, 2.75) is 25.4 Å². The van der Waals surface area contributed by atoms with E-state index in [0.29, 0.717) is 11.3 Å². The van der Waals surface area contributed by atoms with Crippen molar-refractivity contribution in [2.24, 2.45) is 0 Å². The number of aromatic nitrogens is 4. The third-order valence-electron chi connectivity index (χ3n) is 5.34. The van der Waals surface area contributed by atoms with Gasteiger partial charge in [-0.3, -0.25) is 14.8 Å². The Bertz CT molecular complexity index is 1190. The maximum absolute atomic E-state index is 12.8. The fourth-order valence-corrected chi connectivity index (χ4v) is 4.22. The third kappa shape index (κ3) is 4.60. The molecule has 8 heteroatoms. The fourth-order valence-electron chi connectivity index (χ4n) is 3.68. The van der Waals surface area contributed by atoms with E-state index in [1.54, 1.807) is 17.9 Å². The van der Waals surface area contributed by atoms with Crippen LogP contribution in [0.15, 0.2) is 54.3 Å². The molecule has 0 radical (unpaired) electrons. The van der Waals surface area contributed by atoms with Gasteiger partial charge in [0.25, 0.3) is 0 Å². The van der Waals surface area contributed by atoms with Crippen LogP contribution in [-0.2, 0) is 6.42 Å². The van der Waals surface area contributed by atoms with Crippen molar-refractivity contribution < 1.29 is 9.53 Å². The summed E-state index contributed by atoms with van der Waals surface area (Å²) in [5.74, 6) is 0.830. The Hall–Kier alpha value is -3.23. The van der Waals surface area contributed by atoms with Gasteiger partial charge in [0.1, 0.15) is 22.4 Å². The number of ketones is 1. The van der Waals surface area contributed by atoms with E-state index < -0.39 is 0 Å². The number of ether oxygens (including phenoxy) is 1.